The average molecular weight is 389 g/mol. The zero-order chi connectivity index (χ0) is 20.8. The monoisotopic (exact) mass is 388 g/mol. The molecule has 1 saturated carbocycles. The Morgan fingerprint density at radius 1 is 1.00 bits per heavy atom. The smallest absolute Gasteiger partial charge is 0.309 e. The van der Waals surface area contributed by atoms with Gasteiger partial charge in [0.1, 0.15) is 0 Å². The third-order valence-corrected chi connectivity index (χ3v) is 6.47. The van der Waals surface area contributed by atoms with Crippen LogP contribution in [0.2, 0.25) is 0 Å². The number of aliphatic carboxylic acids is 2. The van der Waals surface area contributed by atoms with Crippen molar-refractivity contribution in [3.05, 3.63) is 34.9 Å². The van der Waals surface area contributed by atoms with E-state index >= 15 is 0 Å². The Balaban J connectivity index is 1.77. The summed E-state index contributed by atoms with van der Waals surface area (Å²) in [4.78, 5) is 22.5. The number of aryl methyl sites for hydroxylation is 2. The summed E-state index contributed by atoms with van der Waals surface area (Å²) < 4.78 is 0. The molecule has 156 valence electrons. The van der Waals surface area contributed by atoms with E-state index in [2.05, 4.69) is 25.1 Å². The standard InChI is InChI=1S/C24H36O4/c1-18-10-9-12-19(11-6-8-14-23(2,3)21(25)26)20(18)13-5-4-7-15-24(16-17-24)22(27)28/h9-10,12H,4-8,11,13-17H2,1-3H3,(H,25,26)(H,27,28). The summed E-state index contributed by atoms with van der Waals surface area (Å²) in [7, 11) is 0. The second-order valence-electron chi connectivity index (χ2n) is 9.25. The van der Waals surface area contributed by atoms with Gasteiger partial charge < -0.3 is 10.2 Å². The first-order chi connectivity index (χ1) is 13.2. The van der Waals surface area contributed by atoms with E-state index in [0.717, 1.165) is 64.2 Å². The summed E-state index contributed by atoms with van der Waals surface area (Å²) in [6.45, 7) is 5.75. The molecule has 1 aliphatic carbocycles. The molecular weight excluding hydrogens is 352 g/mol. The summed E-state index contributed by atoms with van der Waals surface area (Å²) in [6.07, 6.45) is 10.4. The summed E-state index contributed by atoms with van der Waals surface area (Å²) in [5, 5.41) is 18.5. The number of unbranched alkanes of at least 4 members (excludes halogenated alkanes) is 3. The highest BCUT2D eigenvalue weighted by atomic mass is 16.4. The normalized spacial score (nSPS) is 15.4. The highest BCUT2D eigenvalue weighted by Gasteiger charge is 2.49. The maximum absolute atomic E-state index is 11.2. The molecule has 1 aromatic rings. The molecule has 0 amide bonds. The summed E-state index contributed by atoms with van der Waals surface area (Å²) in [5.74, 6) is -1.33. The van der Waals surface area contributed by atoms with Crippen LogP contribution in [0.15, 0.2) is 18.2 Å². The SMILES string of the molecule is Cc1cccc(CCCCC(C)(C)C(=O)O)c1CCCCCC1(C(=O)O)CC1. The first kappa shape index (κ1) is 22.4. The van der Waals surface area contributed by atoms with Crippen LogP contribution < -0.4 is 0 Å². The molecule has 28 heavy (non-hydrogen) atoms. The van der Waals surface area contributed by atoms with Crippen LogP contribution >= 0.6 is 0 Å². The number of benzene rings is 1. The summed E-state index contributed by atoms with van der Waals surface area (Å²) >= 11 is 0. The molecule has 1 fully saturated rings. The molecule has 4 heteroatoms. The molecule has 0 radical (unpaired) electrons. The number of hydrogen-bond acceptors (Lipinski definition) is 2. The van der Waals surface area contributed by atoms with Gasteiger partial charge in [0.25, 0.3) is 0 Å². The molecule has 0 heterocycles. The van der Waals surface area contributed by atoms with Crippen LogP contribution in [0.1, 0.15) is 88.3 Å². The minimum atomic E-state index is -0.723. The van der Waals surface area contributed by atoms with Crippen LogP contribution in [-0.4, -0.2) is 22.2 Å². The highest BCUT2D eigenvalue weighted by Crippen LogP contribution is 2.50. The molecule has 0 aliphatic heterocycles. The molecule has 2 rings (SSSR count). The van der Waals surface area contributed by atoms with Gasteiger partial charge in [-0.25, -0.2) is 0 Å². The third-order valence-electron chi connectivity index (χ3n) is 6.47. The van der Waals surface area contributed by atoms with Crippen molar-refractivity contribution in [2.45, 2.75) is 91.4 Å². The van der Waals surface area contributed by atoms with Crippen molar-refractivity contribution in [3.63, 3.8) is 0 Å². The fraction of sp³-hybridized carbons (Fsp3) is 0.667. The Morgan fingerprint density at radius 3 is 2.29 bits per heavy atom. The first-order valence-electron chi connectivity index (χ1n) is 10.7. The second kappa shape index (κ2) is 9.58. The average Bonchev–Trinajstić information content (AvgIpc) is 3.41. The number of carbonyl (C=O) groups is 2. The predicted octanol–water partition coefficient (Wildman–Crippen LogP) is 5.79. The van der Waals surface area contributed by atoms with Crippen molar-refractivity contribution >= 4 is 11.9 Å². The van der Waals surface area contributed by atoms with E-state index in [4.69, 9.17) is 0 Å². The fourth-order valence-electron chi connectivity index (χ4n) is 4.01. The van der Waals surface area contributed by atoms with Gasteiger partial charge in [0.05, 0.1) is 10.8 Å². The topological polar surface area (TPSA) is 74.6 Å². The summed E-state index contributed by atoms with van der Waals surface area (Å²) in [5.41, 5.74) is 3.10. The molecule has 0 aromatic heterocycles. The Hall–Kier alpha value is -1.84. The number of carboxylic acid groups (broad SMARTS) is 2. The molecule has 0 unspecified atom stereocenters. The van der Waals surface area contributed by atoms with Gasteiger partial charge in [-0.1, -0.05) is 37.5 Å². The van der Waals surface area contributed by atoms with E-state index in [1.54, 1.807) is 13.8 Å². The quantitative estimate of drug-likeness (QED) is 0.420. The molecule has 4 nitrogen and oxygen atoms in total. The van der Waals surface area contributed by atoms with Crippen molar-refractivity contribution in [3.8, 4) is 0 Å². The maximum atomic E-state index is 11.2. The molecule has 2 N–H and O–H groups in total. The molecule has 1 aromatic carbocycles. The maximum Gasteiger partial charge on any atom is 0.309 e. The zero-order valence-corrected chi connectivity index (χ0v) is 17.7. The minimum absolute atomic E-state index is 0.391. The van der Waals surface area contributed by atoms with Gasteiger partial charge in [-0.05, 0) is 88.8 Å². The minimum Gasteiger partial charge on any atom is -0.481 e. The Labute approximate surface area is 169 Å². The zero-order valence-electron chi connectivity index (χ0n) is 17.7. The van der Waals surface area contributed by atoms with Gasteiger partial charge in [0, 0.05) is 0 Å². The fourth-order valence-corrected chi connectivity index (χ4v) is 4.01. The highest BCUT2D eigenvalue weighted by molar-refractivity contribution is 5.77. The molecule has 0 spiro atoms. The molecular formula is C24H36O4. The van der Waals surface area contributed by atoms with Crippen LogP contribution in [0.3, 0.4) is 0 Å². The molecule has 0 saturated heterocycles. The van der Waals surface area contributed by atoms with Gasteiger partial charge in [0.2, 0.25) is 0 Å². The van der Waals surface area contributed by atoms with Gasteiger partial charge >= 0.3 is 11.9 Å². The van der Waals surface area contributed by atoms with E-state index in [-0.39, 0.29) is 0 Å². The van der Waals surface area contributed by atoms with Crippen LogP contribution in [0.5, 0.6) is 0 Å². The molecule has 0 atom stereocenters. The van der Waals surface area contributed by atoms with Gasteiger partial charge in [-0.3, -0.25) is 9.59 Å². The van der Waals surface area contributed by atoms with Crippen LogP contribution in [0, 0.1) is 17.8 Å². The predicted molar refractivity (Wildman–Crippen MR) is 112 cm³/mol. The lowest BCUT2D eigenvalue weighted by molar-refractivity contribution is -0.147. The largest absolute Gasteiger partial charge is 0.481 e. The van der Waals surface area contributed by atoms with Crippen molar-refractivity contribution in [2.75, 3.05) is 0 Å². The van der Waals surface area contributed by atoms with E-state index in [9.17, 15) is 19.8 Å². The molecule has 1 aliphatic rings. The van der Waals surface area contributed by atoms with Crippen molar-refractivity contribution < 1.29 is 19.8 Å². The van der Waals surface area contributed by atoms with E-state index in [1.807, 2.05) is 0 Å². The second-order valence-corrected chi connectivity index (χ2v) is 9.25. The number of rotatable bonds is 13. The number of hydrogen-bond donors (Lipinski definition) is 2. The summed E-state index contributed by atoms with van der Waals surface area (Å²) in [6, 6.07) is 6.48. The Kier molecular flexibility index (Phi) is 7.68. The first-order valence-corrected chi connectivity index (χ1v) is 10.7. The lowest BCUT2D eigenvalue weighted by atomic mass is 9.86. The van der Waals surface area contributed by atoms with Gasteiger partial charge in [0.15, 0.2) is 0 Å². The Bertz CT molecular complexity index is 686. The van der Waals surface area contributed by atoms with Crippen molar-refractivity contribution in [1.82, 2.24) is 0 Å². The van der Waals surface area contributed by atoms with Gasteiger partial charge in [-0.15, -0.1) is 0 Å². The third kappa shape index (κ3) is 6.08. The lowest BCUT2D eigenvalue weighted by Gasteiger charge is -2.19. The molecule has 0 bridgehead atoms. The Morgan fingerprint density at radius 2 is 1.68 bits per heavy atom. The van der Waals surface area contributed by atoms with Crippen molar-refractivity contribution in [1.29, 1.82) is 0 Å². The lowest BCUT2D eigenvalue weighted by Crippen LogP contribution is -2.23. The van der Waals surface area contributed by atoms with Crippen LogP contribution in [0.4, 0.5) is 0 Å². The van der Waals surface area contributed by atoms with Crippen molar-refractivity contribution in [2.24, 2.45) is 10.8 Å². The van der Waals surface area contributed by atoms with E-state index < -0.39 is 22.8 Å². The van der Waals surface area contributed by atoms with Crippen LogP contribution in [0.25, 0.3) is 0 Å². The van der Waals surface area contributed by atoms with E-state index in [0.29, 0.717) is 6.42 Å². The number of carboxylic acids is 2. The van der Waals surface area contributed by atoms with Crippen LogP contribution in [-0.2, 0) is 22.4 Å². The van der Waals surface area contributed by atoms with E-state index in [1.165, 1.54) is 16.7 Å². The van der Waals surface area contributed by atoms with Gasteiger partial charge in [-0.2, -0.15) is 0 Å².